The third-order valence-electron chi connectivity index (χ3n) is 2.88. The van der Waals surface area contributed by atoms with Crippen molar-refractivity contribution in [1.82, 2.24) is 0 Å². The maximum atomic E-state index is 12.2. The number of carbonyl (C=O) groups is 1. The normalized spacial score (nSPS) is 11.0. The van der Waals surface area contributed by atoms with Gasteiger partial charge in [0.15, 0.2) is 9.84 Å². The van der Waals surface area contributed by atoms with Crippen molar-refractivity contribution in [3.63, 3.8) is 0 Å². The number of para-hydroxylation sites is 2. The molecule has 0 heterocycles. The van der Waals surface area contributed by atoms with E-state index in [0.29, 0.717) is 0 Å². The summed E-state index contributed by atoms with van der Waals surface area (Å²) in [5.41, 5.74) is -0.416. The van der Waals surface area contributed by atoms with E-state index in [4.69, 9.17) is 0 Å². The second kappa shape index (κ2) is 5.94. The zero-order chi connectivity index (χ0) is 16.3. The minimum absolute atomic E-state index is 0.0538. The Balaban J connectivity index is 2.42. The number of benzene rings is 2. The highest BCUT2D eigenvalue weighted by Crippen LogP contribution is 2.23. The van der Waals surface area contributed by atoms with E-state index in [1.54, 1.807) is 6.07 Å². The molecule has 0 aliphatic rings. The predicted molar refractivity (Wildman–Crippen MR) is 80.6 cm³/mol. The highest BCUT2D eigenvalue weighted by atomic mass is 32.2. The second-order valence-corrected chi connectivity index (χ2v) is 6.48. The molecular formula is C14H12N2O5S. The number of anilines is 1. The van der Waals surface area contributed by atoms with Crippen molar-refractivity contribution in [2.24, 2.45) is 0 Å². The molecule has 0 fully saturated rings. The van der Waals surface area contributed by atoms with Gasteiger partial charge in [-0.25, -0.2) is 8.42 Å². The van der Waals surface area contributed by atoms with Crippen molar-refractivity contribution >= 4 is 27.1 Å². The van der Waals surface area contributed by atoms with E-state index in [9.17, 15) is 23.3 Å². The first-order valence-corrected chi connectivity index (χ1v) is 8.03. The third-order valence-corrected chi connectivity index (χ3v) is 4.04. The van der Waals surface area contributed by atoms with Gasteiger partial charge >= 0.3 is 0 Å². The maximum absolute atomic E-state index is 12.2. The minimum atomic E-state index is -3.54. The molecule has 0 radical (unpaired) electrons. The molecule has 0 aromatic heterocycles. The molecule has 8 heteroatoms. The lowest BCUT2D eigenvalue weighted by molar-refractivity contribution is -0.385. The molecule has 0 bridgehead atoms. The lowest BCUT2D eigenvalue weighted by atomic mass is 10.1. The Bertz CT molecular complexity index is 846. The topological polar surface area (TPSA) is 106 Å². The van der Waals surface area contributed by atoms with Gasteiger partial charge in [-0.1, -0.05) is 24.3 Å². The molecule has 7 nitrogen and oxygen atoms in total. The standard InChI is InChI=1S/C14H12N2O5S/c1-22(20,21)13-9-5-3-7-11(13)15-14(17)10-6-2-4-8-12(10)16(18)19/h2-9H,1H3,(H,15,17). The van der Waals surface area contributed by atoms with Gasteiger partial charge < -0.3 is 5.32 Å². The van der Waals surface area contributed by atoms with Crippen molar-refractivity contribution in [3.8, 4) is 0 Å². The summed E-state index contributed by atoms with van der Waals surface area (Å²) in [5.74, 6) is -0.747. The van der Waals surface area contributed by atoms with Gasteiger partial charge in [0, 0.05) is 12.3 Å². The van der Waals surface area contributed by atoms with Crippen LogP contribution in [0.15, 0.2) is 53.4 Å². The van der Waals surface area contributed by atoms with Gasteiger partial charge in [-0.3, -0.25) is 14.9 Å². The van der Waals surface area contributed by atoms with Crippen LogP contribution in [-0.4, -0.2) is 25.5 Å². The first-order chi connectivity index (χ1) is 10.3. The number of rotatable bonds is 4. The number of nitro groups is 1. The van der Waals surface area contributed by atoms with Gasteiger partial charge in [0.2, 0.25) is 0 Å². The highest BCUT2D eigenvalue weighted by molar-refractivity contribution is 7.90. The molecule has 1 N–H and O–H groups in total. The molecule has 0 saturated carbocycles. The molecule has 0 unspecified atom stereocenters. The van der Waals surface area contributed by atoms with Crippen LogP contribution in [0.25, 0.3) is 0 Å². The van der Waals surface area contributed by atoms with Gasteiger partial charge in [0.1, 0.15) is 5.56 Å². The van der Waals surface area contributed by atoms with Gasteiger partial charge in [-0.2, -0.15) is 0 Å². The molecule has 0 aliphatic carbocycles. The smallest absolute Gasteiger partial charge is 0.282 e. The average Bonchev–Trinajstić information content (AvgIpc) is 2.46. The van der Waals surface area contributed by atoms with E-state index < -0.39 is 20.7 Å². The number of nitrogens with one attached hydrogen (secondary N) is 1. The summed E-state index contributed by atoms with van der Waals surface area (Å²) in [5, 5.41) is 13.3. The van der Waals surface area contributed by atoms with Gasteiger partial charge in [0.05, 0.1) is 15.5 Å². The van der Waals surface area contributed by atoms with E-state index in [2.05, 4.69) is 5.32 Å². The van der Waals surface area contributed by atoms with E-state index in [0.717, 1.165) is 6.26 Å². The number of sulfone groups is 1. The van der Waals surface area contributed by atoms with Crippen LogP contribution in [-0.2, 0) is 9.84 Å². The van der Waals surface area contributed by atoms with Crippen LogP contribution in [0.3, 0.4) is 0 Å². The van der Waals surface area contributed by atoms with Crippen molar-refractivity contribution in [3.05, 3.63) is 64.2 Å². The largest absolute Gasteiger partial charge is 0.321 e. The zero-order valence-electron chi connectivity index (χ0n) is 11.5. The summed E-state index contributed by atoms with van der Waals surface area (Å²) < 4.78 is 23.4. The van der Waals surface area contributed by atoms with Crippen LogP contribution in [0.5, 0.6) is 0 Å². The van der Waals surface area contributed by atoms with E-state index >= 15 is 0 Å². The number of hydrogen-bond acceptors (Lipinski definition) is 5. The summed E-state index contributed by atoms with van der Waals surface area (Å²) in [4.78, 5) is 22.4. The fraction of sp³-hybridized carbons (Fsp3) is 0.0714. The van der Waals surface area contributed by atoms with Crippen LogP contribution >= 0.6 is 0 Å². The third kappa shape index (κ3) is 3.29. The van der Waals surface area contributed by atoms with Crippen molar-refractivity contribution in [1.29, 1.82) is 0 Å². The summed E-state index contributed by atoms with van der Waals surface area (Å²) in [6.45, 7) is 0. The fourth-order valence-electron chi connectivity index (χ4n) is 1.91. The number of nitrogens with zero attached hydrogens (tertiary/aromatic N) is 1. The SMILES string of the molecule is CS(=O)(=O)c1ccccc1NC(=O)c1ccccc1[N+](=O)[O-]. The lowest BCUT2D eigenvalue weighted by Gasteiger charge is -2.09. The Labute approximate surface area is 126 Å². The molecule has 1 amide bonds. The second-order valence-electron chi connectivity index (χ2n) is 4.50. The summed E-state index contributed by atoms with van der Waals surface area (Å²) >= 11 is 0. The average molecular weight is 320 g/mol. The van der Waals surface area contributed by atoms with Crippen molar-refractivity contribution < 1.29 is 18.1 Å². The Hall–Kier alpha value is -2.74. The predicted octanol–water partition coefficient (Wildman–Crippen LogP) is 2.25. The molecule has 2 aromatic carbocycles. The van der Waals surface area contributed by atoms with Crippen molar-refractivity contribution in [2.75, 3.05) is 11.6 Å². The van der Waals surface area contributed by atoms with Crippen LogP contribution in [0, 0.1) is 10.1 Å². The van der Waals surface area contributed by atoms with E-state index in [1.807, 2.05) is 0 Å². The van der Waals surface area contributed by atoms with Crippen LogP contribution in [0.2, 0.25) is 0 Å². The molecule has 22 heavy (non-hydrogen) atoms. The lowest BCUT2D eigenvalue weighted by Crippen LogP contribution is -2.16. The Morgan fingerprint density at radius 1 is 1.09 bits per heavy atom. The van der Waals surface area contributed by atoms with Gasteiger partial charge in [-0.05, 0) is 18.2 Å². The quantitative estimate of drug-likeness (QED) is 0.687. The maximum Gasteiger partial charge on any atom is 0.282 e. The highest BCUT2D eigenvalue weighted by Gasteiger charge is 2.21. The Morgan fingerprint density at radius 2 is 1.68 bits per heavy atom. The van der Waals surface area contributed by atoms with Crippen molar-refractivity contribution in [2.45, 2.75) is 4.90 Å². The number of carbonyl (C=O) groups excluding carboxylic acids is 1. The van der Waals surface area contributed by atoms with Gasteiger partial charge in [0.25, 0.3) is 11.6 Å². The molecule has 0 spiro atoms. The number of amides is 1. The summed E-state index contributed by atoms with van der Waals surface area (Å²) in [6.07, 6.45) is 1.02. The number of hydrogen-bond donors (Lipinski definition) is 1. The molecular weight excluding hydrogens is 308 g/mol. The first kappa shape index (κ1) is 15.6. The molecule has 0 aliphatic heterocycles. The molecule has 2 rings (SSSR count). The molecule has 114 valence electrons. The summed E-state index contributed by atoms with van der Waals surface area (Å²) in [7, 11) is -3.54. The van der Waals surface area contributed by atoms with Crippen LogP contribution < -0.4 is 5.32 Å². The Kier molecular flexibility index (Phi) is 4.22. The van der Waals surface area contributed by atoms with Gasteiger partial charge in [-0.15, -0.1) is 0 Å². The monoisotopic (exact) mass is 320 g/mol. The number of nitro benzene ring substituents is 1. The van der Waals surface area contributed by atoms with Crippen LogP contribution in [0.1, 0.15) is 10.4 Å². The molecule has 0 saturated heterocycles. The minimum Gasteiger partial charge on any atom is -0.321 e. The van der Waals surface area contributed by atoms with E-state index in [-0.39, 0.29) is 21.8 Å². The first-order valence-electron chi connectivity index (χ1n) is 6.14. The molecule has 0 atom stereocenters. The molecule has 2 aromatic rings. The van der Waals surface area contributed by atoms with E-state index in [1.165, 1.54) is 42.5 Å². The summed E-state index contributed by atoms with van der Waals surface area (Å²) in [6, 6.07) is 11.3. The zero-order valence-corrected chi connectivity index (χ0v) is 12.3. The Morgan fingerprint density at radius 3 is 2.32 bits per heavy atom. The van der Waals surface area contributed by atoms with Crippen LogP contribution in [0.4, 0.5) is 11.4 Å². The fourth-order valence-corrected chi connectivity index (χ4v) is 2.75.